The SMILES string of the molecule is C[C@@H]1[C@H](CSc2ncn[nH]2)O[C@H](c2ccc(NC(=O)C(Cl)(Cl)Cl)cc2)O[C@@H]1c1ccc(CO)cc1. The van der Waals surface area contributed by atoms with E-state index in [-0.39, 0.29) is 24.7 Å². The highest BCUT2D eigenvalue weighted by Gasteiger charge is 2.38. The molecule has 2 heterocycles. The highest BCUT2D eigenvalue weighted by Crippen LogP contribution is 2.43. The van der Waals surface area contributed by atoms with Crippen LogP contribution < -0.4 is 5.32 Å². The molecule has 8 nitrogen and oxygen atoms in total. The fraction of sp³-hybridized carbons (Fsp3) is 0.348. The molecular formula is C23H23Cl3N4O4S. The van der Waals surface area contributed by atoms with Gasteiger partial charge < -0.3 is 19.9 Å². The average Bonchev–Trinajstić information content (AvgIpc) is 3.37. The molecule has 12 heteroatoms. The normalized spacial score (nSPS) is 22.7. The molecular weight excluding hydrogens is 535 g/mol. The Kier molecular flexibility index (Phi) is 8.59. The first kappa shape index (κ1) is 26.2. The molecule has 0 unspecified atom stereocenters. The number of aromatic amines is 1. The molecule has 35 heavy (non-hydrogen) atoms. The summed E-state index contributed by atoms with van der Waals surface area (Å²) in [4.78, 5) is 16.1. The maximum absolute atomic E-state index is 11.9. The summed E-state index contributed by atoms with van der Waals surface area (Å²) in [6.45, 7) is 2.06. The number of aliphatic hydroxyl groups excluding tert-OH is 1. The Morgan fingerprint density at radius 1 is 1.11 bits per heavy atom. The van der Waals surface area contributed by atoms with Crippen LogP contribution in [0.3, 0.4) is 0 Å². The largest absolute Gasteiger partial charge is 0.392 e. The number of ether oxygens (including phenoxy) is 2. The Labute approximate surface area is 221 Å². The minimum Gasteiger partial charge on any atom is -0.392 e. The second kappa shape index (κ2) is 11.5. The Hall–Kier alpha value is -1.85. The van der Waals surface area contributed by atoms with E-state index in [1.807, 2.05) is 24.3 Å². The lowest BCUT2D eigenvalue weighted by molar-refractivity contribution is -0.268. The molecule has 1 aliphatic heterocycles. The molecule has 4 atom stereocenters. The molecule has 0 radical (unpaired) electrons. The number of hydrogen-bond acceptors (Lipinski definition) is 7. The van der Waals surface area contributed by atoms with Crippen molar-refractivity contribution in [2.45, 2.75) is 41.0 Å². The van der Waals surface area contributed by atoms with Crippen molar-refractivity contribution in [1.82, 2.24) is 15.2 Å². The molecule has 4 rings (SSSR count). The lowest BCUT2D eigenvalue weighted by Gasteiger charge is -2.41. The number of alkyl halides is 3. The highest BCUT2D eigenvalue weighted by molar-refractivity contribution is 7.99. The van der Waals surface area contributed by atoms with Crippen LogP contribution in [0.2, 0.25) is 0 Å². The first-order chi connectivity index (χ1) is 16.7. The topological polar surface area (TPSA) is 109 Å². The molecule has 1 fully saturated rings. The molecule has 1 amide bonds. The molecule has 1 aromatic heterocycles. The first-order valence-corrected chi connectivity index (χ1v) is 12.8. The molecule has 0 spiro atoms. The summed E-state index contributed by atoms with van der Waals surface area (Å²) in [5, 5.41) is 19.4. The van der Waals surface area contributed by atoms with Crippen LogP contribution in [0.4, 0.5) is 5.69 Å². The average molecular weight is 558 g/mol. The maximum atomic E-state index is 11.9. The van der Waals surface area contributed by atoms with Crippen LogP contribution in [0.25, 0.3) is 0 Å². The number of thioether (sulfide) groups is 1. The fourth-order valence-electron chi connectivity index (χ4n) is 3.66. The number of halogens is 3. The van der Waals surface area contributed by atoms with Crippen LogP contribution in [0.5, 0.6) is 0 Å². The van der Waals surface area contributed by atoms with Crippen molar-refractivity contribution < 1.29 is 19.4 Å². The summed E-state index contributed by atoms with van der Waals surface area (Å²) < 4.78 is 10.7. The molecule has 1 aliphatic rings. The third-order valence-electron chi connectivity index (χ3n) is 5.60. The number of benzene rings is 2. The minimum absolute atomic E-state index is 0.0231. The Morgan fingerprint density at radius 2 is 1.80 bits per heavy atom. The number of aromatic nitrogens is 3. The standard InChI is InChI=1S/C23H23Cl3N4O4S/c1-13-18(11-35-22-27-12-28-30-22)33-20(34-19(13)15-4-2-14(10-31)3-5-15)16-6-8-17(9-7-16)29-21(32)23(24,25)26/h2-9,12-13,18-20,31H,10-11H2,1H3,(H,29,32)(H,27,28,30)/t13-,18+,19+,20+/m1/s1. The first-order valence-electron chi connectivity index (χ1n) is 10.7. The van der Waals surface area contributed by atoms with E-state index in [2.05, 4.69) is 27.4 Å². The van der Waals surface area contributed by atoms with E-state index in [1.54, 1.807) is 24.3 Å². The lowest BCUT2D eigenvalue weighted by Crippen LogP contribution is -2.38. The number of rotatable bonds is 7. The quantitative estimate of drug-likeness (QED) is 0.271. The van der Waals surface area contributed by atoms with E-state index in [0.717, 1.165) is 16.7 Å². The van der Waals surface area contributed by atoms with Gasteiger partial charge in [-0.15, -0.1) is 0 Å². The molecule has 2 aromatic carbocycles. The summed E-state index contributed by atoms with van der Waals surface area (Å²) in [5.74, 6) is -0.0756. The number of nitrogens with one attached hydrogen (secondary N) is 2. The number of amides is 1. The van der Waals surface area contributed by atoms with Gasteiger partial charge in [0.15, 0.2) is 11.4 Å². The van der Waals surface area contributed by atoms with Gasteiger partial charge in [0, 0.05) is 22.9 Å². The van der Waals surface area contributed by atoms with Gasteiger partial charge in [-0.25, -0.2) is 4.98 Å². The lowest BCUT2D eigenvalue weighted by atomic mass is 9.91. The van der Waals surface area contributed by atoms with Crippen molar-refractivity contribution in [3.63, 3.8) is 0 Å². The maximum Gasteiger partial charge on any atom is 0.276 e. The second-order valence-corrected chi connectivity index (χ2v) is 11.3. The number of aliphatic hydroxyl groups is 1. The predicted molar refractivity (Wildman–Crippen MR) is 135 cm³/mol. The van der Waals surface area contributed by atoms with Crippen LogP contribution in [-0.2, 0) is 20.9 Å². The van der Waals surface area contributed by atoms with Crippen LogP contribution in [0.15, 0.2) is 60.0 Å². The Balaban J connectivity index is 1.54. The molecule has 186 valence electrons. The minimum atomic E-state index is -2.06. The molecule has 1 saturated heterocycles. The number of carbonyl (C=O) groups is 1. The summed E-state index contributed by atoms with van der Waals surface area (Å²) in [5.41, 5.74) is 3.07. The third-order valence-corrected chi connectivity index (χ3v) is 7.08. The zero-order chi connectivity index (χ0) is 25.0. The van der Waals surface area contributed by atoms with Gasteiger partial charge in [-0.1, -0.05) is 89.9 Å². The van der Waals surface area contributed by atoms with Gasteiger partial charge in [0.1, 0.15) is 6.33 Å². The smallest absolute Gasteiger partial charge is 0.276 e. The van der Waals surface area contributed by atoms with Gasteiger partial charge in [-0.05, 0) is 23.3 Å². The van der Waals surface area contributed by atoms with Crippen LogP contribution in [0.1, 0.15) is 36.0 Å². The number of hydrogen-bond donors (Lipinski definition) is 3. The second-order valence-electron chi connectivity index (χ2n) is 8.00. The zero-order valence-electron chi connectivity index (χ0n) is 18.5. The van der Waals surface area contributed by atoms with Crippen molar-refractivity contribution in [1.29, 1.82) is 0 Å². The van der Waals surface area contributed by atoms with Gasteiger partial charge in [0.2, 0.25) is 0 Å². The molecule has 0 aliphatic carbocycles. The molecule has 3 aromatic rings. The van der Waals surface area contributed by atoms with Crippen molar-refractivity contribution in [3.8, 4) is 0 Å². The number of carbonyl (C=O) groups excluding carboxylic acids is 1. The number of nitrogens with zero attached hydrogens (tertiary/aromatic N) is 2. The van der Waals surface area contributed by atoms with E-state index in [0.29, 0.717) is 16.6 Å². The number of H-pyrrole nitrogens is 1. The summed E-state index contributed by atoms with van der Waals surface area (Å²) >= 11 is 18.4. The van der Waals surface area contributed by atoms with Gasteiger partial charge in [-0.2, -0.15) is 5.10 Å². The van der Waals surface area contributed by atoms with Crippen molar-refractivity contribution in [2.75, 3.05) is 11.1 Å². The molecule has 0 saturated carbocycles. The van der Waals surface area contributed by atoms with Gasteiger partial charge >= 0.3 is 0 Å². The predicted octanol–water partition coefficient (Wildman–Crippen LogP) is 5.19. The molecule has 3 N–H and O–H groups in total. The van der Waals surface area contributed by atoms with Gasteiger partial charge in [0.25, 0.3) is 9.70 Å². The van der Waals surface area contributed by atoms with E-state index >= 15 is 0 Å². The molecule has 0 bridgehead atoms. The van der Waals surface area contributed by atoms with Crippen LogP contribution in [0, 0.1) is 5.92 Å². The summed E-state index contributed by atoms with van der Waals surface area (Å²) in [6, 6.07) is 14.7. The van der Waals surface area contributed by atoms with Crippen LogP contribution in [-0.4, -0.2) is 41.8 Å². The summed E-state index contributed by atoms with van der Waals surface area (Å²) in [7, 11) is 0. The fourth-order valence-corrected chi connectivity index (χ4v) is 4.75. The van der Waals surface area contributed by atoms with E-state index in [9.17, 15) is 9.90 Å². The van der Waals surface area contributed by atoms with E-state index in [4.69, 9.17) is 44.3 Å². The zero-order valence-corrected chi connectivity index (χ0v) is 21.6. The third kappa shape index (κ3) is 6.68. The van der Waals surface area contributed by atoms with Crippen molar-refractivity contribution >= 4 is 58.2 Å². The number of anilines is 1. The van der Waals surface area contributed by atoms with Gasteiger partial charge in [-0.3, -0.25) is 9.89 Å². The van der Waals surface area contributed by atoms with Crippen molar-refractivity contribution in [3.05, 3.63) is 71.5 Å². The highest BCUT2D eigenvalue weighted by atomic mass is 35.6. The van der Waals surface area contributed by atoms with Gasteiger partial charge in [0.05, 0.1) is 18.8 Å². The summed E-state index contributed by atoms with van der Waals surface area (Å²) in [6.07, 6.45) is 0.418. The Morgan fingerprint density at radius 3 is 2.40 bits per heavy atom. The monoisotopic (exact) mass is 556 g/mol. The van der Waals surface area contributed by atoms with E-state index in [1.165, 1.54) is 18.1 Å². The van der Waals surface area contributed by atoms with Crippen molar-refractivity contribution in [2.24, 2.45) is 5.92 Å². The van der Waals surface area contributed by atoms with E-state index < -0.39 is 16.0 Å². The van der Waals surface area contributed by atoms with Crippen LogP contribution >= 0.6 is 46.6 Å². The Bertz CT molecular complexity index is 1110.